The number of benzene rings is 1. The van der Waals surface area contributed by atoms with Crippen LogP contribution in [0.3, 0.4) is 0 Å². The zero-order valence-electron chi connectivity index (χ0n) is 10.6. The van der Waals surface area contributed by atoms with Crippen LogP contribution in [0.2, 0.25) is 0 Å². The van der Waals surface area contributed by atoms with Crippen molar-refractivity contribution in [2.45, 2.75) is 25.9 Å². The molecule has 0 spiro atoms. The van der Waals surface area contributed by atoms with Crippen molar-refractivity contribution < 1.29 is 9.84 Å². The molecule has 0 saturated carbocycles. The summed E-state index contributed by atoms with van der Waals surface area (Å²) in [5.74, 6) is 0.869. The first kappa shape index (κ1) is 13.1. The van der Waals surface area contributed by atoms with E-state index in [0.717, 1.165) is 22.9 Å². The molecule has 0 aliphatic rings. The summed E-state index contributed by atoms with van der Waals surface area (Å²) < 4.78 is 5.20. The van der Waals surface area contributed by atoms with Gasteiger partial charge in [-0.05, 0) is 24.6 Å². The fraction of sp³-hybridized carbons (Fsp3) is 0.357. The number of aliphatic hydroxyl groups is 1. The molecule has 2 rings (SSSR count). The lowest BCUT2D eigenvalue weighted by atomic mass is 10.1. The molecule has 4 heteroatoms. The number of aromatic nitrogens is 1. The summed E-state index contributed by atoms with van der Waals surface area (Å²) in [6.07, 6.45) is 1.09. The van der Waals surface area contributed by atoms with Crippen LogP contribution in [-0.2, 0) is 12.8 Å². The maximum absolute atomic E-state index is 9.32. The number of nitrogens with zero attached hydrogens (tertiary/aromatic N) is 1. The van der Waals surface area contributed by atoms with Gasteiger partial charge in [-0.25, -0.2) is 4.98 Å². The Morgan fingerprint density at radius 1 is 1.44 bits per heavy atom. The van der Waals surface area contributed by atoms with E-state index in [-0.39, 0.29) is 6.10 Å². The maximum atomic E-state index is 9.32. The highest BCUT2D eigenvalue weighted by Gasteiger charge is 2.06. The van der Waals surface area contributed by atoms with Crippen LogP contribution in [0.4, 0.5) is 0 Å². The van der Waals surface area contributed by atoms with Gasteiger partial charge < -0.3 is 9.84 Å². The molecule has 1 aromatic carbocycles. The number of aliphatic hydroxyl groups excluding tert-OH is 1. The summed E-state index contributed by atoms with van der Waals surface area (Å²) in [5, 5.41) is 12.4. The Bertz CT molecular complexity index is 508. The third-order valence-corrected chi connectivity index (χ3v) is 3.49. The first-order valence-corrected chi connectivity index (χ1v) is 6.79. The van der Waals surface area contributed by atoms with Gasteiger partial charge in [-0.15, -0.1) is 11.3 Å². The van der Waals surface area contributed by atoms with Crippen molar-refractivity contribution in [1.82, 2.24) is 4.98 Å². The van der Waals surface area contributed by atoms with E-state index in [4.69, 9.17) is 4.74 Å². The molecule has 0 saturated heterocycles. The van der Waals surface area contributed by atoms with Gasteiger partial charge in [-0.2, -0.15) is 0 Å². The molecular formula is C14H17NO2S. The third kappa shape index (κ3) is 3.55. The quantitative estimate of drug-likeness (QED) is 0.901. The minimum absolute atomic E-state index is 0.336. The van der Waals surface area contributed by atoms with E-state index in [2.05, 4.69) is 11.1 Å². The van der Waals surface area contributed by atoms with Gasteiger partial charge in [-0.1, -0.05) is 12.1 Å². The Morgan fingerprint density at radius 3 is 3.00 bits per heavy atom. The summed E-state index contributed by atoms with van der Waals surface area (Å²) in [6.45, 7) is 1.78. The second kappa shape index (κ2) is 5.98. The van der Waals surface area contributed by atoms with E-state index < -0.39 is 0 Å². The highest BCUT2D eigenvalue weighted by Crippen LogP contribution is 2.19. The lowest BCUT2D eigenvalue weighted by Gasteiger charge is -2.02. The number of hydrogen-bond donors (Lipinski definition) is 1. The van der Waals surface area contributed by atoms with Gasteiger partial charge in [0.2, 0.25) is 0 Å². The first-order chi connectivity index (χ1) is 8.67. The van der Waals surface area contributed by atoms with Crippen molar-refractivity contribution in [3.05, 3.63) is 45.9 Å². The normalized spacial score (nSPS) is 12.4. The second-order valence-electron chi connectivity index (χ2n) is 4.31. The van der Waals surface area contributed by atoms with Crippen molar-refractivity contribution in [3.8, 4) is 5.75 Å². The molecule has 96 valence electrons. The number of rotatable bonds is 5. The number of ether oxygens (including phenoxy) is 1. The summed E-state index contributed by atoms with van der Waals surface area (Å²) in [5.41, 5.74) is 2.15. The average molecular weight is 263 g/mol. The molecule has 1 aromatic heterocycles. The monoisotopic (exact) mass is 263 g/mol. The molecule has 0 amide bonds. The zero-order chi connectivity index (χ0) is 13.0. The predicted octanol–water partition coefficient (Wildman–Crippen LogP) is 2.67. The van der Waals surface area contributed by atoms with E-state index >= 15 is 0 Å². The fourth-order valence-electron chi connectivity index (χ4n) is 1.78. The van der Waals surface area contributed by atoms with E-state index in [1.165, 1.54) is 5.56 Å². The minimum atomic E-state index is -0.336. The van der Waals surface area contributed by atoms with E-state index in [1.54, 1.807) is 25.4 Å². The zero-order valence-corrected chi connectivity index (χ0v) is 11.4. The molecule has 1 heterocycles. The van der Waals surface area contributed by atoms with Crippen LogP contribution in [0.15, 0.2) is 29.6 Å². The van der Waals surface area contributed by atoms with Gasteiger partial charge in [0, 0.05) is 18.2 Å². The van der Waals surface area contributed by atoms with E-state index in [9.17, 15) is 5.11 Å². The molecular weight excluding hydrogens is 246 g/mol. The molecule has 0 fully saturated rings. The topological polar surface area (TPSA) is 42.4 Å². The van der Waals surface area contributed by atoms with Crippen LogP contribution >= 0.6 is 11.3 Å². The lowest BCUT2D eigenvalue weighted by molar-refractivity contribution is 0.194. The number of thiazole rings is 1. The van der Waals surface area contributed by atoms with Crippen LogP contribution in [-0.4, -0.2) is 23.3 Å². The summed E-state index contributed by atoms with van der Waals surface area (Å²) >= 11 is 1.64. The van der Waals surface area contributed by atoms with Crippen molar-refractivity contribution in [3.63, 3.8) is 0 Å². The number of methoxy groups -OCH3 is 1. The molecule has 1 unspecified atom stereocenters. The fourth-order valence-corrected chi connectivity index (χ4v) is 2.62. The molecule has 1 atom stereocenters. The largest absolute Gasteiger partial charge is 0.497 e. The van der Waals surface area contributed by atoms with Crippen molar-refractivity contribution in [2.24, 2.45) is 0 Å². The maximum Gasteiger partial charge on any atom is 0.119 e. The highest BCUT2D eigenvalue weighted by molar-refractivity contribution is 7.09. The standard InChI is InChI=1S/C14H17NO2S/c1-10(16)6-12-9-18-14(15-12)8-11-4-3-5-13(7-11)17-2/h3-5,7,9-10,16H,6,8H2,1-2H3. The Labute approximate surface area is 111 Å². The first-order valence-electron chi connectivity index (χ1n) is 5.91. The van der Waals surface area contributed by atoms with Crippen molar-refractivity contribution in [1.29, 1.82) is 0 Å². The molecule has 2 aromatic rings. The van der Waals surface area contributed by atoms with Gasteiger partial charge in [0.15, 0.2) is 0 Å². The van der Waals surface area contributed by atoms with Gasteiger partial charge in [0.1, 0.15) is 5.75 Å². The van der Waals surface area contributed by atoms with Gasteiger partial charge >= 0.3 is 0 Å². The average Bonchev–Trinajstić information content (AvgIpc) is 2.76. The Morgan fingerprint density at radius 2 is 2.28 bits per heavy atom. The predicted molar refractivity (Wildman–Crippen MR) is 73.3 cm³/mol. The van der Waals surface area contributed by atoms with Crippen LogP contribution < -0.4 is 4.74 Å². The van der Waals surface area contributed by atoms with Gasteiger partial charge in [0.05, 0.1) is 23.9 Å². The highest BCUT2D eigenvalue weighted by atomic mass is 32.1. The van der Waals surface area contributed by atoms with Crippen molar-refractivity contribution in [2.75, 3.05) is 7.11 Å². The van der Waals surface area contributed by atoms with Gasteiger partial charge in [0.25, 0.3) is 0 Å². The van der Waals surface area contributed by atoms with Crippen LogP contribution in [0.1, 0.15) is 23.2 Å². The lowest BCUT2D eigenvalue weighted by Crippen LogP contribution is -2.04. The van der Waals surface area contributed by atoms with Crippen molar-refractivity contribution >= 4 is 11.3 Å². The van der Waals surface area contributed by atoms with Crippen LogP contribution in [0, 0.1) is 0 Å². The van der Waals surface area contributed by atoms with E-state index in [0.29, 0.717) is 6.42 Å². The second-order valence-corrected chi connectivity index (χ2v) is 5.26. The van der Waals surface area contributed by atoms with Gasteiger partial charge in [-0.3, -0.25) is 0 Å². The molecule has 0 bridgehead atoms. The Balaban J connectivity index is 2.06. The molecule has 0 radical (unpaired) electrons. The third-order valence-electron chi connectivity index (χ3n) is 2.59. The minimum Gasteiger partial charge on any atom is -0.497 e. The number of hydrogen-bond acceptors (Lipinski definition) is 4. The molecule has 3 nitrogen and oxygen atoms in total. The Kier molecular flexibility index (Phi) is 4.33. The molecule has 0 aliphatic carbocycles. The summed E-state index contributed by atoms with van der Waals surface area (Å²) in [4.78, 5) is 4.52. The van der Waals surface area contributed by atoms with E-state index in [1.807, 2.05) is 23.6 Å². The smallest absolute Gasteiger partial charge is 0.119 e. The molecule has 1 N–H and O–H groups in total. The molecule has 18 heavy (non-hydrogen) atoms. The Hall–Kier alpha value is -1.39. The molecule has 0 aliphatic heterocycles. The SMILES string of the molecule is COc1cccc(Cc2nc(CC(C)O)cs2)c1. The summed E-state index contributed by atoms with van der Waals surface area (Å²) in [7, 11) is 1.67. The van der Waals surface area contributed by atoms with Crippen LogP contribution in [0.25, 0.3) is 0 Å². The summed E-state index contributed by atoms with van der Waals surface area (Å²) in [6, 6.07) is 8.01. The van der Waals surface area contributed by atoms with Crippen LogP contribution in [0.5, 0.6) is 5.75 Å².